The first-order valence-electron chi connectivity index (χ1n) is 6.58. The van der Waals surface area contributed by atoms with Gasteiger partial charge in [-0.25, -0.2) is 0 Å². The first kappa shape index (κ1) is 16.6. The largest absolute Gasteiger partial charge is 0.497 e. The lowest BCUT2D eigenvalue weighted by Crippen LogP contribution is -2.37. The Bertz CT molecular complexity index is 460. The van der Waals surface area contributed by atoms with Crippen LogP contribution in [-0.4, -0.2) is 25.5 Å². The number of carbonyl (C=O) groups excluding carboxylic acids is 1. The predicted octanol–water partition coefficient (Wildman–Crippen LogP) is 2.98. The number of ether oxygens (including phenoxy) is 2. The van der Waals surface area contributed by atoms with Gasteiger partial charge in [-0.05, 0) is 32.9 Å². The highest BCUT2D eigenvalue weighted by Crippen LogP contribution is 2.25. The molecule has 4 nitrogen and oxygen atoms in total. The third kappa shape index (κ3) is 4.30. The van der Waals surface area contributed by atoms with Crippen LogP contribution in [0.5, 0.6) is 11.5 Å². The summed E-state index contributed by atoms with van der Waals surface area (Å²) in [4.78, 5) is 12.0. The second-order valence-electron chi connectivity index (χ2n) is 5.11. The molecule has 0 atom stereocenters. The topological polar surface area (TPSA) is 47.6 Å². The summed E-state index contributed by atoms with van der Waals surface area (Å²) in [5.74, 6) is 1.64. The minimum absolute atomic E-state index is 0.0780. The zero-order chi connectivity index (χ0) is 15.2. The van der Waals surface area contributed by atoms with Gasteiger partial charge in [-0.15, -0.1) is 11.6 Å². The van der Waals surface area contributed by atoms with E-state index in [4.69, 9.17) is 21.1 Å². The van der Waals surface area contributed by atoms with E-state index in [2.05, 4.69) is 5.32 Å². The van der Waals surface area contributed by atoms with Gasteiger partial charge in [0.05, 0.1) is 19.1 Å². The molecule has 20 heavy (non-hydrogen) atoms. The van der Waals surface area contributed by atoms with Crippen LogP contribution in [0.15, 0.2) is 18.2 Å². The van der Waals surface area contributed by atoms with Crippen LogP contribution in [-0.2, 0) is 11.3 Å². The summed E-state index contributed by atoms with van der Waals surface area (Å²) in [5, 5.41) is 2.88. The number of carbonyl (C=O) groups is 1. The SMILES string of the molecule is CCOc1cc(OC)ccc1CNC(=O)C(C)(C)CCl. The number of hydrogen-bond acceptors (Lipinski definition) is 3. The first-order chi connectivity index (χ1) is 9.44. The van der Waals surface area contributed by atoms with E-state index in [1.165, 1.54) is 0 Å². The number of hydrogen-bond donors (Lipinski definition) is 1. The van der Waals surface area contributed by atoms with Crippen molar-refractivity contribution in [3.63, 3.8) is 0 Å². The first-order valence-corrected chi connectivity index (χ1v) is 7.12. The zero-order valence-corrected chi connectivity index (χ0v) is 13.2. The van der Waals surface area contributed by atoms with Gasteiger partial charge in [0.15, 0.2) is 0 Å². The fourth-order valence-corrected chi connectivity index (χ4v) is 1.69. The molecule has 0 fully saturated rings. The van der Waals surface area contributed by atoms with E-state index in [-0.39, 0.29) is 11.8 Å². The molecule has 0 aliphatic rings. The fraction of sp³-hybridized carbons (Fsp3) is 0.533. The van der Waals surface area contributed by atoms with E-state index in [0.717, 1.165) is 17.1 Å². The summed E-state index contributed by atoms with van der Waals surface area (Å²) in [5.41, 5.74) is 0.325. The average molecular weight is 300 g/mol. The van der Waals surface area contributed by atoms with Gasteiger partial charge in [-0.3, -0.25) is 4.79 Å². The standard InChI is InChI=1S/C15H22ClNO3/c1-5-20-13-8-12(19-4)7-6-11(13)9-17-14(18)15(2,3)10-16/h6-8H,5,9-10H2,1-4H3,(H,17,18). The van der Waals surface area contributed by atoms with Crippen molar-refractivity contribution >= 4 is 17.5 Å². The molecule has 1 N–H and O–H groups in total. The smallest absolute Gasteiger partial charge is 0.227 e. The minimum atomic E-state index is -0.584. The highest BCUT2D eigenvalue weighted by molar-refractivity contribution is 6.19. The second kappa shape index (κ2) is 7.39. The van der Waals surface area contributed by atoms with Crippen LogP contribution in [0, 0.1) is 5.41 Å². The van der Waals surface area contributed by atoms with E-state index >= 15 is 0 Å². The van der Waals surface area contributed by atoms with Crippen LogP contribution in [0.4, 0.5) is 0 Å². The maximum atomic E-state index is 12.0. The van der Waals surface area contributed by atoms with Crippen molar-refractivity contribution in [3.8, 4) is 11.5 Å². The summed E-state index contributed by atoms with van der Waals surface area (Å²) >= 11 is 5.79. The van der Waals surface area contributed by atoms with E-state index in [0.29, 0.717) is 13.2 Å². The number of benzene rings is 1. The van der Waals surface area contributed by atoms with E-state index < -0.39 is 5.41 Å². The summed E-state index contributed by atoms with van der Waals surface area (Å²) in [7, 11) is 1.61. The third-order valence-electron chi connectivity index (χ3n) is 2.96. The second-order valence-corrected chi connectivity index (χ2v) is 5.37. The van der Waals surface area contributed by atoms with Crippen molar-refractivity contribution in [1.29, 1.82) is 0 Å². The molecule has 0 aromatic heterocycles. The van der Waals surface area contributed by atoms with E-state index in [1.807, 2.05) is 39.0 Å². The van der Waals surface area contributed by atoms with Gasteiger partial charge in [-0.1, -0.05) is 0 Å². The Morgan fingerprint density at radius 2 is 2.10 bits per heavy atom. The fourth-order valence-electron chi connectivity index (χ4n) is 1.57. The maximum absolute atomic E-state index is 12.0. The molecule has 5 heteroatoms. The Morgan fingerprint density at radius 1 is 1.40 bits per heavy atom. The van der Waals surface area contributed by atoms with Crippen molar-refractivity contribution < 1.29 is 14.3 Å². The predicted molar refractivity (Wildman–Crippen MR) is 80.5 cm³/mol. The van der Waals surface area contributed by atoms with Crippen LogP contribution in [0.2, 0.25) is 0 Å². The Labute approximate surface area is 125 Å². The van der Waals surface area contributed by atoms with Gasteiger partial charge >= 0.3 is 0 Å². The molecular weight excluding hydrogens is 278 g/mol. The minimum Gasteiger partial charge on any atom is -0.497 e. The summed E-state index contributed by atoms with van der Waals surface area (Å²) in [6.45, 7) is 6.50. The third-order valence-corrected chi connectivity index (χ3v) is 3.63. The molecule has 1 amide bonds. The lowest BCUT2D eigenvalue weighted by molar-refractivity contribution is -0.128. The van der Waals surface area contributed by atoms with E-state index in [1.54, 1.807) is 7.11 Å². The highest BCUT2D eigenvalue weighted by atomic mass is 35.5. The quantitative estimate of drug-likeness (QED) is 0.787. The van der Waals surface area contributed by atoms with Crippen LogP contribution >= 0.6 is 11.6 Å². The lowest BCUT2D eigenvalue weighted by atomic mass is 9.95. The lowest BCUT2D eigenvalue weighted by Gasteiger charge is -2.21. The van der Waals surface area contributed by atoms with Gasteiger partial charge < -0.3 is 14.8 Å². The van der Waals surface area contributed by atoms with Crippen molar-refractivity contribution in [3.05, 3.63) is 23.8 Å². The number of alkyl halides is 1. The van der Waals surface area contributed by atoms with Crippen LogP contribution in [0.25, 0.3) is 0 Å². The number of nitrogens with one attached hydrogen (secondary N) is 1. The Kier molecular flexibility index (Phi) is 6.14. The molecule has 0 spiro atoms. The molecule has 1 aromatic carbocycles. The Morgan fingerprint density at radius 3 is 2.65 bits per heavy atom. The van der Waals surface area contributed by atoms with Crippen molar-refractivity contribution in [2.24, 2.45) is 5.41 Å². The van der Waals surface area contributed by atoms with Crippen molar-refractivity contribution in [2.75, 3.05) is 19.6 Å². The van der Waals surface area contributed by atoms with Crippen LogP contribution < -0.4 is 14.8 Å². The van der Waals surface area contributed by atoms with Gasteiger partial charge in [0.25, 0.3) is 0 Å². The molecule has 0 bridgehead atoms. The Balaban J connectivity index is 2.79. The molecule has 112 valence electrons. The molecule has 0 saturated heterocycles. The average Bonchev–Trinajstić information content (AvgIpc) is 2.45. The van der Waals surface area contributed by atoms with Crippen LogP contribution in [0.3, 0.4) is 0 Å². The molecule has 1 aromatic rings. The van der Waals surface area contributed by atoms with Gasteiger partial charge in [0, 0.05) is 24.1 Å². The molecule has 0 aliphatic carbocycles. The monoisotopic (exact) mass is 299 g/mol. The molecule has 0 saturated carbocycles. The number of amides is 1. The number of methoxy groups -OCH3 is 1. The molecule has 0 radical (unpaired) electrons. The maximum Gasteiger partial charge on any atom is 0.227 e. The summed E-state index contributed by atoms with van der Waals surface area (Å²) in [6.07, 6.45) is 0. The van der Waals surface area contributed by atoms with Gasteiger partial charge in [-0.2, -0.15) is 0 Å². The Hall–Kier alpha value is -1.42. The number of rotatable bonds is 7. The van der Waals surface area contributed by atoms with Gasteiger partial charge in [0.1, 0.15) is 11.5 Å². The highest BCUT2D eigenvalue weighted by Gasteiger charge is 2.26. The zero-order valence-electron chi connectivity index (χ0n) is 12.5. The molecule has 0 heterocycles. The van der Waals surface area contributed by atoms with Gasteiger partial charge in [0.2, 0.25) is 5.91 Å². The van der Waals surface area contributed by atoms with E-state index in [9.17, 15) is 4.79 Å². The molecule has 0 unspecified atom stereocenters. The molecule has 0 aliphatic heterocycles. The normalized spacial score (nSPS) is 11.1. The van der Waals surface area contributed by atoms with Crippen molar-refractivity contribution in [1.82, 2.24) is 5.32 Å². The summed E-state index contributed by atoms with van der Waals surface area (Å²) in [6, 6.07) is 5.55. The van der Waals surface area contributed by atoms with Crippen molar-refractivity contribution in [2.45, 2.75) is 27.3 Å². The summed E-state index contributed by atoms with van der Waals surface area (Å²) < 4.78 is 10.7. The molecule has 1 rings (SSSR count). The van der Waals surface area contributed by atoms with Crippen LogP contribution in [0.1, 0.15) is 26.3 Å². The molecular formula is C15H22ClNO3. The number of halogens is 1.